The number of fused-ring (bicyclic) bond motifs is 7. The fourth-order valence-corrected chi connectivity index (χ4v) is 20.2. The number of carbonyl (C=O) groups excluding carboxylic acids is 14. The Kier molecular flexibility index (Phi) is 28.5. The Balaban J connectivity index is 1.14. The van der Waals surface area contributed by atoms with Crippen LogP contribution in [0.25, 0.3) is 0 Å². The molecule has 0 radical (unpaired) electrons. The molecule has 1 unspecified atom stereocenters. The predicted molar refractivity (Wildman–Crippen MR) is 382 cm³/mol. The lowest BCUT2D eigenvalue weighted by Crippen LogP contribution is -2.70. The van der Waals surface area contributed by atoms with Gasteiger partial charge in [-0.05, 0) is 106 Å². The molecule has 30 atom stereocenters. The molecule has 5 aliphatic carbocycles. The first-order valence-electron chi connectivity index (χ1n) is 38.7. The number of allylic oxidation sites excluding steroid dienone is 2. The quantitative estimate of drug-likeness (QED) is 0.0514. The second-order valence-corrected chi connectivity index (χ2v) is 33.1. The Bertz CT molecular complexity index is 3720. The largest absolute Gasteiger partial charge is 0.469 e. The van der Waals surface area contributed by atoms with Crippen molar-refractivity contribution in [3.8, 4) is 0 Å². The molecule has 0 bridgehead atoms. The minimum Gasteiger partial charge on any atom is -0.469 e. The van der Waals surface area contributed by atoms with E-state index < -0.39 is 258 Å². The Hall–Kier alpha value is -8.00. The number of esters is 14. The van der Waals surface area contributed by atoms with E-state index in [0.717, 1.165) is 75.0 Å². The summed E-state index contributed by atoms with van der Waals surface area (Å²) in [6.07, 6.45) is -29.4. The zero-order valence-electron chi connectivity index (χ0n) is 69.1. The van der Waals surface area contributed by atoms with Crippen LogP contribution < -0.4 is 0 Å². The normalized spacial score (nSPS) is 40.5. The molecule has 0 aromatic carbocycles. The van der Waals surface area contributed by atoms with Gasteiger partial charge in [0.05, 0.1) is 51.2 Å². The van der Waals surface area contributed by atoms with Gasteiger partial charge in [0.1, 0.15) is 12.7 Å². The maximum Gasteiger partial charge on any atom is 0.339 e. The highest BCUT2D eigenvalue weighted by Crippen LogP contribution is 2.76. The SMILES string of the molecule is COC(=O)[C@H]1O[C@@H](O[C@H]2CC[C@@]3(C)C(CC[C@]4(C)[C@@H]3CC=C3[C@@H]5C[C@](C)(C(=O)OC)C[C@@H](O[C@@H]6OC[C@H](OC(C)=O)[C@H](OC(C)=O)[C@H]6OC(C)=O)[C@]5(C)CC[C@]34C)[C@@]2(C)COC(C)=O)[C@H](O[C@@H]2O[C@H](COC(C)=O)[C@H](OC(C)=O)[C@H](OC(C)=O)[C@H]2O[C@@H]2O[C@@H](C)[C@H](OC(C)=O)[C@@H](OC(C)=O)[C@H]2OC(C)=O)[C@@H](OC(C)=O)[C@@H]1OC(C)=O. The second-order valence-electron chi connectivity index (χ2n) is 33.1. The number of rotatable bonds is 24. The van der Waals surface area contributed by atoms with Crippen LogP contribution in [0.3, 0.4) is 0 Å². The van der Waals surface area contributed by atoms with Gasteiger partial charge in [0.2, 0.25) is 0 Å². The number of carbonyl (C=O) groups is 14. The zero-order chi connectivity index (χ0) is 85.3. The van der Waals surface area contributed by atoms with E-state index in [2.05, 4.69) is 33.8 Å². The third-order valence-electron chi connectivity index (χ3n) is 25.2. The first kappa shape index (κ1) is 90.9. The highest BCUT2D eigenvalue weighted by molar-refractivity contribution is 5.78. The molecule has 36 nitrogen and oxygen atoms in total. The maximum absolute atomic E-state index is 14.4. The minimum absolute atomic E-state index is 0.126. The van der Waals surface area contributed by atoms with Gasteiger partial charge in [-0.1, -0.05) is 46.3 Å². The lowest BCUT2D eigenvalue weighted by molar-refractivity contribution is -0.396. The molecule has 8 fully saturated rings. The lowest BCUT2D eigenvalue weighted by Gasteiger charge is -2.72. The van der Waals surface area contributed by atoms with Crippen LogP contribution in [0.5, 0.6) is 0 Å². The van der Waals surface area contributed by atoms with Crippen molar-refractivity contribution in [3.63, 3.8) is 0 Å². The van der Waals surface area contributed by atoms with E-state index in [4.69, 9.17) is 104 Å². The van der Waals surface area contributed by atoms with E-state index in [1.54, 1.807) is 0 Å². The molecule has 9 aliphatic rings. The lowest BCUT2D eigenvalue weighted by atomic mass is 9.33. The van der Waals surface area contributed by atoms with Crippen molar-refractivity contribution in [2.45, 2.75) is 318 Å². The summed E-state index contributed by atoms with van der Waals surface area (Å²) in [5.74, 6) is -13.3. The molecule has 4 aliphatic heterocycles. The smallest absolute Gasteiger partial charge is 0.339 e. The van der Waals surface area contributed by atoms with Crippen LogP contribution in [0, 0.1) is 50.2 Å². The summed E-state index contributed by atoms with van der Waals surface area (Å²) in [6, 6.07) is 0. The third-order valence-corrected chi connectivity index (χ3v) is 25.2. The van der Waals surface area contributed by atoms with E-state index in [0.29, 0.717) is 44.9 Å². The van der Waals surface area contributed by atoms with Gasteiger partial charge < -0.3 is 104 Å². The van der Waals surface area contributed by atoms with Crippen LogP contribution in [-0.2, 0) is 171 Å². The predicted octanol–water partition coefficient (Wildman–Crippen LogP) is 5.26. The molecular weight excluding hydrogens is 1520 g/mol. The zero-order valence-corrected chi connectivity index (χ0v) is 69.1. The monoisotopic (exact) mass is 1640 g/mol. The number of hydrogen-bond acceptors (Lipinski definition) is 36. The van der Waals surface area contributed by atoms with Gasteiger partial charge in [-0.3, -0.25) is 62.3 Å². The molecule has 0 spiro atoms. The van der Waals surface area contributed by atoms with Crippen molar-refractivity contribution in [2.75, 3.05) is 34.0 Å². The molecule has 115 heavy (non-hydrogen) atoms. The summed E-state index contributed by atoms with van der Waals surface area (Å²) in [5, 5.41) is 0. The van der Waals surface area contributed by atoms with Crippen molar-refractivity contribution < 1.29 is 171 Å². The van der Waals surface area contributed by atoms with Crippen LogP contribution in [-0.4, -0.2) is 247 Å². The van der Waals surface area contributed by atoms with E-state index in [-0.39, 0.29) is 37.9 Å². The highest BCUT2D eigenvalue weighted by atomic mass is 16.8. The molecule has 9 rings (SSSR count). The van der Waals surface area contributed by atoms with Crippen molar-refractivity contribution >= 4 is 83.6 Å². The van der Waals surface area contributed by atoms with Crippen LogP contribution in [0.1, 0.15) is 189 Å². The van der Waals surface area contributed by atoms with Gasteiger partial charge in [-0.2, -0.15) is 0 Å². The molecule has 0 amide bonds. The molecule has 36 heteroatoms. The molecule has 4 saturated heterocycles. The summed E-state index contributed by atoms with van der Waals surface area (Å²) in [5.41, 5.74) is -3.76. The third kappa shape index (κ3) is 19.1. The fraction of sp³-hybridized carbons (Fsp3) is 0.797. The summed E-state index contributed by atoms with van der Waals surface area (Å²) in [6.45, 7) is 25.5. The molecule has 644 valence electrons. The topological polar surface area (TPSA) is 442 Å². The van der Waals surface area contributed by atoms with Crippen LogP contribution in [0.2, 0.25) is 0 Å². The molecule has 0 N–H and O–H groups in total. The molecular formula is C79H112O36. The average Bonchev–Trinajstić information content (AvgIpc) is 0.672. The molecule has 0 aromatic heterocycles. The first-order chi connectivity index (χ1) is 53.7. The van der Waals surface area contributed by atoms with Crippen molar-refractivity contribution in [1.29, 1.82) is 0 Å². The first-order valence-corrected chi connectivity index (χ1v) is 38.7. The maximum atomic E-state index is 14.4. The second kappa shape index (κ2) is 36.1. The van der Waals surface area contributed by atoms with Crippen molar-refractivity contribution in [1.82, 2.24) is 0 Å². The summed E-state index contributed by atoms with van der Waals surface area (Å²) >= 11 is 0. The summed E-state index contributed by atoms with van der Waals surface area (Å²) < 4.78 is 134. The standard InChI is InChI=1S/C79H112O36/c1-35-56(101-39(5)83)59(104-42(8)86)65(109-47(13)91)70(99-35)114-66-60(105-43(9)87)57(102-40(6)84)51(32-96-36(2)80)110-71(66)115-67-62(107-45(11)89)61(106-44(10)88)63(68(92)94-20)113-72(67)111-54-25-26-76(16)52(77(54,17)34-98-37(3)81)24-27-79(19)53(76)23-22-48-49-30-74(14,73(93)95-21)31-55(75(49,15)28-29-78(48,79)18)112-69-64(108-46(12)90)58(103-41(7)85)50(33-97-69)100-38(4)82/h22,35,49-67,69-72H,23-34H2,1-21H3/t35-,49-,50-,51+,52?,53+,54-,55+,56-,57-,58-,59+,60-,61-,62-,63-,64+,65+,66+,67+,69-,70-,71-,72+,74-,75+,76-,77+,78+,79+/m0/s1. The van der Waals surface area contributed by atoms with E-state index in [9.17, 15) is 67.1 Å². The Morgan fingerprint density at radius 2 is 0.887 bits per heavy atom. The number of ether oxygens (including phenoxy) is 22. The Labute approximate surface area is 666 Å². The van der Waals surface area contributed by atoms with Crippen LogP contribution >= 0.6 is 0 Å². The van der Waals surface area contributed by atoms with Crippen LogP contribution in [0.4, 0.5) is 0 Å². The Morgan fingerprint density at radius 1 is 0.417 bits per heavy atom. The fourth-order valence-electron chi connectivity index (χ4n) is 20.2. The minimum atomic E-state index is -2.20. The van der Waals surface area contributed by atoms with Crippen molar-refractivity contribution in [2.24, 2.45) is 50.2 Å². The van der Waals surface area contributed by atoms with Gasteiger partial charge in [0.25, 0.3) is 0 Å². The summed E-state index contributed by atoms with van der Waals surface area (Å²) in [7, 11) is 2.33. The van der Waals surface area contributed by atoms with Gasteiger partial charge in [0.15, 0.2) is 105 Å². The number of methoxy groups -OCH3 is 2. The van der Waals surface area contributed by atoms with Crippen molar-refractivity contribution in [3.05, 3.63) is 11.6 Å². The average molecular weight is 1640 g/mol. The van der Waals surface area contributed by atoms with E-state index in [1.165, 1.54) is 34.8 Å². The Morgan fingerprint density at radius 3 is 1.42 bits per heavy atom. The van der Waals surface area contributed by atoms with Gasteiger partial charge >= 0.3 is 83.6 Å². The van der Waals surface area contributed by atoms with Gasteiger partial charge in [-0.25, -0.2) is 4.79 Å². The van der Waals surface area contributed by atoms with Gasteiger partial charge in [0, 0.05) is 93.9 Å². The molecule has 4 saturated carbocycles. The van der Waals surface area contributed by atoms with Gasteiger partial charge in [-0.15, -0.1) is 0 Å². The highest BCUT2D eigenvalue weighted by Gasteiger charge is 2.72. The summed E-state index contributed by atoms with van der Waals surface area (Å²) in [4.78, 5) is 186. The number of hydrogen-bond donors (Lipinski definition) is 0. The van der Waals surface area contributed by atoms with E-state index in [1.807, 2.05) is 13.8 Å². The molecule has 0 aromatic rings. The van der Waals surface area contributed by atoms with Crippen LogP contribution in [0.15, 0.2) is 11.6 Å². The van der Waals surface area contributed by atoms with E-state index >= 15 is 0 Å². The molecule has 4 heterocycles.